The van der Waals surface area contributed by atoms with Crippen LogP contribution in [0.4, 0.5) is 17.6 Å². The van der Waals surface area contributed by atoms with Crippen LogP contribution in [-0.4, -0.2) is 44.3 Å². The SMILES string of the molecule is CC1(Nc2ncc3nc(Nc4cccc(Cl)c4)n([C@H]4CC[C@H](N)CC4)c3n2)CCOCC1. The normalized spacial score (nSPS) is 23.2. The zero-order valence-corrected chi connectivity index (χ0v) is 19.1. The first-order chi connectivity index (χ1) is 15.5. The summed E-state index contributed by atoms with van der Waals surface area (Å²) >= 11 is 6.20. The molecule has 1 aromatic carbocycles. The fourth-order valence-corrected chi connectivity index (χ4v) is 4.85. The number of rotatable bonds is 5. The first-order valence-electron chi connectivity index (χ1n) is 11.4. The predicted molar refractivity (Wildman–Crippen MR) is 128 cm³/mol. The molecular formula is C23H30ClN7O. The van der Waals surface area contributed by atoms with E-state index in [1.807, 2.05) is 30.5 Å². The lowest BCUT2D eigenvalue weighted by molar-refractivity contribution is 0.0656. The molecule has 1 saturated heterocycles. The third kappa shape index (κ3) is 4.53. The summed E-state index contributed by atoms with van der Waals surface area (Å²) in [5, 5.41) is 7.68. The van der Waals surface area contributed by atoms with E-state index in [-0.39, 0.29) is 17.6 Å². The summed E-state index contributed by atoms with van der Waals surface area (Å²) in [6, 6.07) is 8.21. The molecule has 1 aliphatic carbocycles. The molecule has 2 aromatic heterocycles. The Hall–Kier alpha value is -2.42. The average molecular weight is 456 g/mol. The molecule has 3 aromatic rings. The number of fused-ring (bicyclic) bond motifs is 1. The summed E-state index contributed by atoms with van der Waals surface area (Å²) in [7, 11) is 0. The van der Waals surface area contributed by atoms with Crippen LogP contribution in [0.15, 0.2) is 30.5 Å². The van der Waals surface area contributed by atoms with E-state index in [0.717, 1.165) is 74.5 Å². The van der Waals surface area contributed by atoms with Crippen LogP contribution in [0.25, 0.3) is 11.2 Å². The summed E-state index contributed by atoms with van der Waals surface area (Å²) < 4.78 is 7.75. The Morgan fingerprint density at radius 1 is 1.16 bits per heavy atom. The minimum Gasteiger partial charge on any atom is -0.381 e. The van der Waals surface area contributed by atoms with Crippen molar-refractivity contribution in [3.05, 3.63) is 35.5 Å². The van der Waals surface area contributed by atoms with E-state index in [4.69, 9.17) is 32.0 Å². The van der Waals surface area contributed by atoms with E-state index < -0.39 is 0 Å². The number of aromatic nitrogens is 4. The van der Waals surface area contributed by atoms with Crippen LogP contribution in [0.1, 0.15) is 51.5 Å². The Balaban J connectivity index is 1.52. The van der Waals surface area contributed by atoms with Crippen molar-refractivity contribution in [3.8, 4) is 0 Å². The van der Waals surface area contributed by atoms with Crippen molar-refractivity contribution >= 4 is 40.3 Å². The maximum absolute atomic E-state index is 6.20. The quantitative estimate of drug-likeness (QED) is 0.514. The molecule has 0 amide bonds. The van der Waals surface area contributed by atoms with Crippen LogP contribution in [0.5, 0.6) is 0 Å². The highest BCUT2D eigenvalue weighted by molar-refractivity contribution is 6.30. The van der Waals surface area contributed by atoms with Crippen LogP contribution in [-0.2, 0) is 4.74 Å². The van der Waals surface area contributed by atoms with Gasteiger partial charge in [0.15, 0.2) is 5.65 Å². The molecule has 0 bridgehead atoms. The molecule has 170 valence electrons. The van der Waals surface area contributed by atoms with Gasteiger partial charge in [0, 0.05) is 41.5 Å². The highest BCUT2D eigenvalue weighted by Crippen LogP contribution is 2.35. The zero-order valence-electron chi connectivity index (χ0n) is 18.4. The largest absolute Gasteiger partial charge is 0.381 e. The molecule has 0 unspecified atom stereocenters. The third-order valence-corrected chi connectivity index (χ3v) is 6.87. The van der Waals surface area contributed by atoms with E-state index in [0.29, 0.717) is 11.0 Å². The molecule has 2 aliphatic rings. The monoisotopic (exact) mass is 455 g/mol. The molecule has 0 spiro atoms. The van der Waals surface area contributed by atoms with Crippen molar-refractivity contribution in [2.24, 2.45) is 5.73 Å². The van der Waals surface area contributed by atoms with Gasteiger partial charge in [0.2, 0.25) is 11.9 Å². The number of benzene rings is 1. The van der Waals surface area contributed by atoms with Gasteiger partial charge in [0.05, 0.1) is 6.20 Å². The van der Waals surface area contributed by atoms with Gasteiger partial charge < -0.3 is 21.1 Å². The second-order valence-electron chi connectivity index (χ2n) is 9.21. The Bertz CT molecular complexity index is 1090. The molecule has 0 atom stereocenters. The number of nitrogens with two attached hydrogens (primary N) is 1. The van der Waals surface area contributed by atoms with Gasteiger partial charge in [-0.2, -0.15) is 4.98 Å². The van der Waals surface area contributed by atoms with E-state index in [1.54, 1.807) is 0 Å². The van der Waals surface area contributed by atoms with Gasteiger partial charge in [-0.05, 0) is 63.6 Å². The van der Waals surface area contributed by atoms with Crippen molar-refractivity contribution < 1.29 is 4.74 Å². The molecule has 3 heterocycles. The molecule has 4 N–H and O–H groups in total. The van der Waals surface area contributed by atoms with E-state index >= 15 is 0 Å². The second-order valence-corrected chi connectivity index (χ2v) is 9.65. The van der Waals surface area contributed by atoms with Gasteiger partial charge >= 0.3 is 0 Å². The van der Waals surface area contributed by atoms with Crippen LogP contribution >= 0.6 is 11.6 Å². The van der Waals surface area contributed by atoms with E-state index in [2.05, 4.69) is 27.1 Å². The molecule has 0 radical (unpaired) electrons. The Labute approximate surface area is 192 Å². The lowest BCUT2D eigenvalue weighted by Crippen LogP contribution is -2.41. The predicted octanol–water partition coefficient (Wildman–Crippen LogP) is 4.65. The Morgan fingerprint density at radius 3 is 2.69 bits per heavy atom. The first-order valence-corrected chi connectivity index (χ1v) is 11.8. The van der Waals surface area contributed by atoms with Crippen molar-refractivity contribution in [1.29, 1.82) is 0 Å². The smallest absolute Gasteiger partial charge is 0.225 e. The van der Waals surface area contributed by atoms with Crippen molar-refractivity contribution in [2.75, 3.05) is 23.8 Å². The molecule has 32 heavy (non-hydrogen) atoms. The topological polar surface area (TPSA) is 103 Å². The number of hydrogen-bond acceptors (Lipinski definition) is 7. The van der Waals surface area contributed by atoms with Gasteiger partial charge in [0.1, 0.15) is 5.52 Å². The van der Waals surface area contributed by atoms with Gasteiger partial charge in [-0.1, -0.05) is 17.7 Å². The lowest BCUT2D eigenvalue weighted by atomic mass is 9.91. The highest BCUT2D eigenvalue weighted by Gasteiger charge is 2.29. The molecular weight excluding hydrogens is 426 g/mol. The third-order valence-electron chi connectivity index (χ3n) is 6.63. The molecule has 9 heteroatoms. The summed E-state index contributed by atoms with van der Waals surface area (Å²) in [5.74, 6) is 1.39. The number of halogens is 1. The fourth-order valence-electron chi connectivity index (χ4n) is 4.66. The Morgan fingerprint density at radius 2 is 1.94 bits per heavy atom. The van der Waals surface area contributed by atoms with Gasteiger partial charge in [-0.3, -0.25) is 4.57 Å². The van der Waals surface area contributed by atoms with Crippen LogP contribution in [0, 0.1) is 0 Å². The number of ether oxygens (including phenoxy) is 1. The second kappa shape index (κ2) is 8.84. The molecule has 2 fully saturated rings. The lowest BCUT2D eigenvalue weighted by Gasteiger charge is -2.34. The maximum Gasteiger partial charge on any atom is 0.225 e. The summed E-state index contributed by atoms with van der Waals surface area (Å²) in [6.45, 7) is 3.70. The summed E-state index contributed by atoms with van der Waals surface area (Å²) in [5.41, 5.74) is 8.61. The maximum atomic E-state index is 6.20. The highest BCUT2D eigenvalue weighted by atomic mass is 35.5. The first kappa shape index (κ1) is 21.4. The number of imidazole rings is 1. The van der Waals surface area contributed by atoms with Gasteiger partial charge in [-0.15, -0.1) is 0 Å². The summed E-state index contributed by atoms with van der Waals surface area (Å²) in [6.07, 6.45) is 7.65. The Kier molecular flexibility index (Phi) is 5.92. The molecule has 1 saturated carbocycles. The molecule has 5 rings (SSSR count). The fraction of sp³-hybridized carbons (Fsp3) is 0.522. The number of hydrogen-bond donors (Lipinski definition) is 3. The van der Waals surface area contributed by atoms with E-state index in [1.165, 1.54) is 0 Å². The van der Waals surface area contributed by atoms with E-state index in [9.17, 15) is 0 Å². The number of anilines is 3. The molecule has 1 aliphatic heterocycles. The minimum atomic E-state index is -0.0732. The van der Waals surface area contributed by atoms with Crippen LogP contribution < -0.4 is 16.4 Å². The zero-order chi connectivity index (χ0) is 22.1. The minimum absolute atomic E-state index is 0.0732. The van der Waals surface area contributed by atoms with Crippen molar-refractivity contribution in [3.63, 3.8) is 0 Å². The number of nitrogens with zero attached hydrogens (tertiary/aromatic N) is 4. The number of nitrogens with one attached hydrogen (secondary N) is 2. The standard InChI is InChI=1S/C23H30ClN7O/c1-23(9-11-32-12-10-23)30-21-26-14-19-20(29-21)31(18-7-5-16(25)6-8-18)22(28-19)27-17-4-2-3-15(24)13-17/h2-4,13-14,16,18H,5-12,25H2,1H3,(H,27,28)(H,26,29,30)/t16-,18-. The van der Waals surface area contributed by atoms with Gasteiger partial charge in [-0.25, -0.2) is 9.97 Å². The van der Waals surface area contributed by atoms with Gasteiger partial charge in [0.25, 0.3) is 0 Å². The van der Waals surface area contributed by atoms with Crippen LogP contribution in [0.3, 0.4) is 0 Å². The van der Waals surface area contributed by atoms with Crippen molar-refractivity contribution in [2.45, 2.75) is 63.1 Å². The average Bonchev–Trinajstić information content (AvgIpc) is 3.11. The summed E-state index contributed by atoms with van der Waals surface area (Å²) in [4.78, 5) is 14.3. The van der Waals surface area contributed by atoms with Crippen molar-refractivity contribution in [1.82, 2.24) is 19.5 Å². The molecule has 8 nitrogen and oxygen atoms in total. The van der Waals surface area contributed by atoms with Crippen LogP contribution in [0.2, 0.25) is 5.02 Å².